The molecule has 0 aliphatic carbocycles. The highest BCUT2D eigenvalue weighted by atomic mass is 35.5. The first-order valence-electron chi connectivity index (χ1n) is 8.81. The smallest absolute Gasteiger partial charge is 0.241 e. The Morgan fingerprint density at radius 3 is 2.42 bits per heavy atom. The molecule has 0 bridgehead atoms. The molecule has 0 saturated carbocycles. The van der Waals surface area contributed by atoms with E-state index in [1.807, 2.05) is 19.1 Å². The Morgan fingerprint density at radius 1 is 1.23 bits per heavy atom. The van der Waals surface area contributed by atoms with Crippen molar-refractivity contribution in [1.29, 1.82) is 0 Å². The van der Waals surface area contributed by atoms with Gasteiger partial charge < -0.3 is 10.6 Å². The number of sulfonamides is 1. The summed E-state index contributed by atoms with van der Waals surface area (Å²) in [6.45, 7) is 8.64. The molecular formula is C18H30ClN3O3S. The molecule has 2 atom stereocenters. The van der Waals surface area contributed by atoms with Crippen molar-refractivity contribution in [3.8, 4) is 0 Å². The van der Waals surface area contributed by atoms with Crippen molar-refractivity contribution < 1.29 is 13.2 Å². The molecule has 1 fully saturated rings. The van der Waals surface area contributed by atoms with E-state index >= 15 is 0 Å². The fourth-order valence-electron chi connectivity index (χ4n) is 3.48. The number of rotatable bonds is 6. The van der Waals surface area contributed by atoms with E-state index in [0.29, 0.717) is 4.90 Å². The highest BCUT2D eigenvalue weighted by Crippen LogP contribution is 2.21. The van der Waals surface area contributed by atoms with E-state index in [4.69, 9.17) is 0 Å². The molecule has 6 nitrogen and oxygen atoms in total. The van der Waals surface area contributed by atoms with Crippen LogP contribution >= 0.6 is 12.4 Å². The third-order valence-electron chi connectivity index (χ3n) is 4.63. The molecule has 0 aromatic heterocycles. The molecule has 2 rings (SSSR count). The van der Waals surface area contributed by atoms with E-state index in [-0.39, 0.29) is 43.4 Å². The Kier molecular flexibility index (Phi) is 8.53. The van der Waals surface area contributed by atoms with Gasteiger partial charge in [-0.15, -0.1) is 12.4 Å². The maximum atomic E-state index is 12.6. The maximum absolute atomic E-state index is 12.6. The van der Waals surface area contributed by atoms with Gasteiger partial charge in [-0.2, -0.15) is 0 Å². The minimum Gasteiger partial charge on any atom is -0.352 e. The van der Waals surface area contributed by atoms with Crippen molar-refractivity contribution in [3.63, 3.8) is 0 Å². The Balaban J connectivity index is 0.00000338. The molecule has 1 aliphatic heterocycles. The number of halogens is 1. The molecule has 26 heavy (non-hydrogen) atoms. The number of hydrogen-bond acceptors (Lipinski definition) is 4. The van der Waals surface area contributed by atoms with Crippen molar-refractivity contribution in [2.75, 3.05) is 13.1 Å². The lowest BCUT2D eigenvalue weighted by atomic mass is 10.00. The van der Waals surface area contributed by atoms with Crippen LogP contribution in [0.15, 0.2) is 17.0 Å². The summed E-state index contributed by atoms with van der Waals surface area (Å²) in [5, 5.41) is 6.32. The number of hydrogen-bond donors (Lipinski definition) is 3. The molecule has 1 aliphatic rings. The van der Waals surface area contributed by atoms with Crippen LogP contribution in [0.5, 0.6) is 0 Å². The first kappa shape index (κ1) is 22.9. The first-order chi connectivity index (χ1) is 11.7. The zero-order valence-corrected chi connectivity index (χ0v) is 17.5. The molecule has 8 heteroatoms. The molecule has 0 spiro atoms. The van der Waals surface area contributed by atoms with Gasteiger partial charge >= 0.3 is 0 Å². The van der Waals surface area contributed by atoms with E-state index in [9.17, 15) is 13.2 Å². The Labute approximate surface area is 163 Å². The highest BCUT2D eigenvalue weighted by Gasteiger charge is 2.23. The lowest BCUT2D eigenvalue weighted by Gasteiger charge is -2.30. The fourth-order valence-corrected chi connectivity index (χ4v) is 4.96. The Hall–Kier alpha value is -1.15. The molecule has 1 saturated heterocycles. The largest absolute Gasteiger partial charge is 0.352 e. The van der Waals surface area contributed by atoms with Crippen molar-refractivity contribution in [1.82, 2.24) is 15.4 Å². The predicted molar refractivity (Wildman–Crippen MR) is 106 cm³/mol. The SMILES string of the molecule is Cc1cc(C)c(S(=O)(=O)NCCC(=O)NC2CCCNC2C)c(C)c1.Cl. The summed E-state index contributed by atoms with van der Waals surface area (Å²) < 4.78 is 27.7. The predicted octanol–water partition coefficient (Wildman–Crippen LogP) is 1.96. The van der Waals surface area contributed by atoms with Crippen molar-refractivity contribution in [3.05, 3.63) is 28.8 Å². The third-order valence-corrected chi connectivity index (χ3v) is 6.39. The Morgan fingerprint density at radius 2 is 1.85 bits per heavy atom. The summed E-state index contributed by atoms with van der Waals surface area (Å²) in [7, 11) is -3.62. The summed E-state index contributed by atoms with van der Waals surface area (Å²) in [4.78, 5) is 12.4. The van der Waals surface area contributed by atoms with Crippen LogP contribution in [0.3, 0.4) is 0 Å². The minimum atomic E-state index is -3.62. The van der Waals surface area contributed by atoms with Crippen molar-refractivity contribution >= 4 is 28.3 Å². The van der Waals surface area contributed by atoms with Gasteiger partial charge in [-0.05, 0) is 58.2 Å². The van der Waals surface area contributed by atoms with E-state index in [2.05, 4.69) is 22.3 Å². The average molecular weight is 404 g/mol. The zero-order chi connectivity index (χ0) is 18.6. The lowest BCUT2D eigenvalue weighted by Crippen LogP contribution is -2.52. The second-order valence-electron chi connectivity index (χ2n) is 6.93. The molecule has 1 aromatic rings. The number of benzene rings is 1. The number of piperidine rings is 1. The molecule has 0 radical (unpaired) electrons. The van der Waals surface area contributed by atoms with Crippen LogP contribution in [-0.2, 0) is 14.8 Å². The van der Waals surface area contributed by atoms with Crippen LogP contribution in [0.25, 0.3) is 0 Å². The van der Waals surface area contributed by atoms with Gasteiger partial charge in [-0.25, -0.2) is 13.1 Å². The van der Waals surface area contributed by atoms with E-state index < -0.39 is 10.0 Å². The number of aryl methyl sites for hydroxylation is 3. The molecule has 148 valence electrons. The van der Waals surface area contributed by atoms with Crippen LogP contribution in [0.2, 0.25) is 0 Å². The number of amides is 1. The second-order valence-corrected chi connectivity index (χ2v) is 8.64. The van der Waals surface area contributed by atoms with Gasteiger partial charge in [0.05, 0.1) is 4.90 Å². The van der Waals surface area contributed by atoms with Gasteiger partial charge in [0.2, 0.25) is 15.9 Å². The van der Waals surface area contributed by atoms with Gasteiger partial charge in [0.15, 0.2) is 0 Å². The number of carbonyl (C=O) groups is 1. The third kappa shape index (κ3) is 5.94. The van der Waals surface area contributed by atoms with Crippen LogP contribution in [0.4, 0.5) is 0 Å². The minimum absolute atomic E-state index is 0. The van der Waals surface area contributed by atoms with Crippen LogP contribution in [-0.4, -0.2) is 39.5 Å². The quantitative estimate of drug-likeness (QED) is 0.677. The topological polar surface area (TPSA) is 87.3 Å². The Bertz CT molecular complexity index is 714. The van der Waals surface area contributed by atoms with Crippen molar-refractivity contribution in [2.24, 2.45) is 0 Å². The summed E-state index contributed by atoms with van der Waals surface area (Å²) in [5.41, 5.74) is 2.47. The average Bonchev–Trinajstić information content (AvgIpc) is 2.48. The van der Waals surface area contributed by atoms with Crippen LogP contribution in [0, 0.1) is 20.8 Å². The van der Waals surface area contributed by atoms with Gasteiger partial charge in [0.1, 0.15) is 0 Å². The molecule has 3 N–H and O–H groups in total. The lowest BCUT2D eigenvalue weighted by molar-refractivity contribution is -0.122. The number of carbonyl (C=O) groups excluding carboxylic acids is 1. The van der Waals surface area contributed by atoms with Crippen LogP contribution < -0.4 is 15.4 Å². The van der Waals surface area contributed by atoms with Crippen molar-refractivity contribution in [2.45, 2.75) is 63.9 Å². The summed E-state index contributed by atoms with van der Waals surface area (Å²) >= 11 is 0. The second kappa shape index (κ2) is 9.69. The summed E-state index contributed by atoms with van der Waals surface area (Å²) in [6, 6.07) is 4.06. The molecule has 1 heterocycles. The molecular weight excluding hydrogens is 374 g/mol. The maximum Gasteiger partial charge on any atom is 0.241 e. The normalized spacial score (nSPS) is 20.3. The van der Waals surface area contributed by atoms with Gasteiger partial charge in [0.25, 0.3) is 0 Å². The van der Waals surface area contributed by atoms with E-state index in [1.54, 1.807) is 13.8 Å². The standard InChI is InChI=1S/C18H29N3O3S.ClH/c1-12-10-13(2)18(14(3)11-12)25(23,24)20-9-7-17(22)21-16-6-5-8-19-15(16)4;/h10-11,15-16,19-20H,5-9H2,1-4H3,(H,21,22);1H. The van der Waals surface area contributed by atoms with E-state index in [1.165, 1.54) is 0 Å². The number of nitrogens with one attached hydrogen (secondary N) is 3. The molecule has 2 unspecified atom stereocenters. The van der Waals surface area contributed by atoms with Gasteiger partial charge in [-0.3, -0.25) is 4.79 Å². The van der Waals surface area contributed by atoms with E-state index in [0.717, 1.165) is 36.1 Å². The zero-order valence-electron chi connectivity index (χ0n) is 15.9. The first-order valence-corrected chi connectivity index (χ1v) is 10.3. The monoisotopic (exact) mass is 403 g/mol. The van der Waals surface area contributed by atoms with Crippen LogP contribution in [0.1, 0.15) is 42.9 Å². The molecule has 1 amide bonds. The summed E-state index contributed by atoms with van der Waals surface area (Å²) in [5.74, 6) is -0.124. The van der Waals surface area contributed by atoms with Gasteiger partial charge in [-0.1, -0.05) is 17.7 Å². The summed E-state index contributed by atoms with van der Waals surface area (Å²) in [6.07, 6.45) is 2.12. The molecule has 1 aromatic carbocycles. The highest BCUT2D eigenvalue weighted by molar-refractivity contribution is 7.89. The van der Waals surface area contributed by atoms with Gasteiger partial charge in [0, 0.05) is 25.0 Å². The fraction of sp³-hybridized carbons (Fsp3) is 0.611.